The number of hydrogen-bond acceptors (Lipinski definition) is 0. The first-order valence-corrected chi connectivity index (χ1v) is 8.46. The first-order valence-electron chi connectivity index (χ1n) is 8.08. The predicted molar refractivity (Wildman–Crippen MR) is 94.4 cm³/mol. The molecule has 0 nitrogen and oxygen atoms in total. The summed E-state index contributed by atoms with van der Waals surface area (Å²) in [5, 5.41) is -0.0785. The summed E-state index contributed by atoms with van der Waals surface area (Å²) in [7, 11) is 0. The van der Waals surface area contributed by atoms with Gasteiger partial charge >= 0.3 is 0 Å². The quantitative estimate of drug-likeness (QED) is 0.380. The maximum atomic E-state index is 15.1. The minimum atomic E-state index is -0.703. The molecule has 1 aliphatic rings. The molecule has 0 atom stereocenters. The lowest BCUT2D eigenvalue weighted by atomic mass is 9.97. The van der Waals surface area contributed by atoms with Crippen LogP contribution in [0.1, 0.15) is 23.6 Å². The molecule has 0 heterocycles. The lowest BCUT2D eigenvalue weighted by Crippen LogP contribution is -1.97. The van der Waals surface area contributed by atoms with Gasteiger partial charge in [0, 0.05) is 12.0 Å². The van der Waals surface area contributed by atoms with Gasteiger partial charge in [0.1, 0.15) is 17.5 Å². The van der Waals surface area contributed by atoms with Crippen molar-refractivity contribution < 1.29 is 13.2 Å². The maximum absolute atomic E-state index is 15.1. The molecule has 4 heteroatoms. The molecule has 0 radical (unpaired) electrons. The second-order valence-electron chi connectivity index (χ2n) is 6.22. The molecule has 0 N–H and O–H groups in total. The molecule has 0 fully saturated rings. The van der Waals surface area contributed by atoms with Crippen LogP contribution < -0.4 is 0 Å². The van der Waals surface area contributed by atoms with E-state index in [0.717, 1.165) is 29.2 Å². The number of rotatable bonds is 2. The second-order valence-corrected chi connectivity index (χ2v) is 6.63. The summed E-state index contributed by atoms with van der Waals surface area (Å²) < 4.78 is 43.5. The van der Waals surface area contributed by atoms with Gasteiger partial charge in [-0.3, -0.25) is 0 Å². The van der Waals surface area contributed by atoms with E-state index >= 15 is 4.39 Å². The zero-order valence-corrected chi connectivity index (χ0v) is 14.2. The van der Waals surface area contributed by atoms with Crippen LogP contribution in [0, 0.1) is 17.5 Å². The minimum Gasteiger partial charge on any atom is -0.206 e. The molecular weight excluding hydrogens is 345 g/mol. The summed E-state index contributed by atoms with van der Waals surface area (Å²) >= 11 is 5.67. The van der Waals surface area contributed by atoms with Crippen molar-refractivity contribution in [3.05, 3.63) is 81.6 Å². The molecule has 126 valence electrons. The van der Waals surface area contributed by atoms with E-state index in [4.69, 9.17) is 11.6 Å². The molecule has 1 aliphatic carbocycles. The van der Waals surface area contributed by atoms with Crippen molar-refractivity contribution in [2.24, 2.45) is 0 Å². The van der Waals surface area contributed by atoms with Crippen LogP contribution in [0.4, 0.5) is 13.2 Å². The van der Waals surface area contributed by atoms with E-state index in [9.17, 15) is 8.78 Å². The van der Waals surface area contributed by atoms with Crippen molar-refractivity contribution in [1.82, 2.24) is 0 Å². The largest absolute Gasteiger partial charge is 0.206 e. The van der Waals surface area contributed by atoms with Crippen LogP contribution in [0.2, 0.25) is 5.02 Å². The van der Waals surface area contributed by atoms with Crippen molar-refractivity contribution in [3.8, 4) is 22.3 Å². The Balaban J connectivity index is 1.89. The summed E-state index contributed by atoms with van der Waals surface area (Å²) in [4.78, 5) is 0. The zero-order chi connectivity index (χ0) is 17.7. The Morgan fingerprint density at radius 2 is 1.72 bits per heavy atom. The van der Waals surface area contributed by atoms with Gasteiger partial charge in [-0.15, -0.1) is 0 Å². The number of halogens is 4. The summed E-state index contributed by atoms with van der Waals surface area (Å²) in [6.45, 7) is 2.05. The highest BCUT2D eigenvalue weighted by atomic mass is 35.5. The molecule has 3 aromatic rings. The molecule has 0 unspecified atom stereocenters. The molecule has 0 aromatic heterocycles. The number of fused-ring (bicyclic) bond motifs is 3. The van der Waals surface area contributed by atoms with Crippen LogP contribution >= 0.6 is 11.6 Å². The summed E-state index contributed by atoms with van der Waals surface area (Å²) in [6.07, 6.45) is 1.30. The molecule has 4 rings (SSSR count). The SMILES string of the molecule is CCc1ccc2c(c1)Cc1c-2cc(F)c(-c2ccc(Cl)c(F)c2)c1F. The van der Waals surface area contributed by atoms with Gasteiger partial charge in [-0.2, -0.15) is 0 Å². The molecular formula is C21H14ClF3. The Bertz CT molecular complexity index is 1010. The first-order chi connectivity index (χ1) is 12.0. The average Bonchev–Trinajstić information content (AvgIpc) is 2.96. The van der Waals surface area contributed by atoms with Crippen LogP contribution in [0.3, 0.4) is 0 Å². The van der Waals surface area contributed by atoms with Crippen LogP contribution in [0.25, 0.3) is 22.3 Å². The molecule has 0 amide bonds. The summed E-state index contributed by atoms with van der Waals surface area (Å²) in [6, 6.07) is 11.1. The van der Waals surface area contributed by atoms with Gasteiger partial charge in [0.2, 0.25) is 0 Å². The Morgan fingerprint density at radius 3 is 2.44 bits per heavy atom. The van der Waals surface area contributed by atoms with Crippen LogP contribution in [-0.4, -0.2) is 0 Å². The third-order valence-corrected chi connectivity index (χ3v) is 5.07. The maximum Gasteiger partial charge on any atom is 0.142 e. The Labute approximate surface area is 148 Å². The lowest BCUT2D eigenvalue weighted by molar-refractivity contribution is 0.582. The van der Waals surface area contributed by atoms with Crippen molar-refractivity contribution in [2.45, 2.75) is 19.8 Å². The van der Waals surface area contributed by atoms with Gasteiger partial charge < -0.3 is 0 Å². The molecule has 0 bridgehead atoms. The minimum absolute atomic E-state index is 0.0785. The fraction of sp³-hybridized carbons (Fsp3) is 0.143. The number of benzene rings is 3. The van der Waals surface area contributed by atoms with E-state index in [2.05, 4.69) is 6.92 Å². The molecule has 25 heavy (non-hydrogen) atoms. The standard InChI is InChI=1S/C21H14ClF3/c1-2-11-3-5-14-13(7-11)8-16-15(14)10-19(24)20(21(16)25)12-4-6-17(22)18(23)9-12/h3-7,9-10H,2,8H2,1H3. The van der Waals surface area contributed by atoms with Crippen molar-refractivity contribution >= 4 is 11.6 Å². The van der Waals surface area contributed by atoms with Crippen molar-refractivity contribution in [2.75, 3.05) is 0 Å². The van der Waals surface area contributed by atoms with Crippen LogP contribution in [0.15, 0.2) is 42.5 Å². The van der Waals surface area contributed by atoms with Gasteiger partial charge in [-0.05, 0) is 52.4 Å². The van der Waals surface area contributed by atoms with Gasteiger partial charge in [-0.25, -0.2) is 13.2 Å². The Hall–Kier alpha value is -2.26. The fourth-order valence-electron chi connectivity index (χ4n) is 3.46. The second kappa shape index (κ2) is 5.92. The molecule has 0 saturated carbocycles. The van der Waals surface area contributed by atoms with Gasteiger partial charge in [0.15, 0.2) is 0 Å². The molecule has 0 aliphatic heterocycles. The molecule has 0 spiro atoms. The first kappa shape index (κ1) is 16.2. The average molecular weight is 359 g/mol. The van der Waals surface area contributed by atoms with E-state index in [-0.39, 0.29) is 16.1 Å². The fourth-order valence-corrected chi connectivity index (χ4v) is 3.57. The van der Waals surface area contributed by atoms with Crippen LogP contribution in [-0.2, 0) is 12.8 Å². The third kappa shape index (κ3) is 2.54. The van der Waals surface area contributed by atoms with Crippen LogP contribution in [0.5, 0.6) is 0 Å². The van der Waals surface area contributed by atoms with E-state index in [1.54, 1.807) is 0 Å². The van der Waals surface area contributed by atoms with Crippen molar-refractivity contribution in [1.29, 1.82) is 0 Å². The highest BCUT2D eigenvalue weighted by Gasteiger charge is 2.27. The zero-order valence-electron chi connectivity index (χ0n) is 13.5. The lowest BCUT2D eigenvalue weighted by Gasteiger charge is -2.11. The Morgan fingerprint density at radius 1 is 0.920 bits per heavy atom. The highest BCUT2D eigenvalue weighted by Crippen LogP contribution is 2.42. The topological polar surface area (TPSA) is 0 Å². The van der Waals surface area contributed by atoms with E-state index in [1.165, 1.54) is 18.2 Å². The van der Waals surface area contributed by atoms with Crippen molar-refractivity contribution in [3.63, 3.8) is 0 Å². The smallest absolute Gasteiger partial charge is 0.142 e. The van der Waals surface area contributed by atoms with E-state index in [0.29, 0.717) is 17.5 Å². The summed E-state index contributed by atoms with van der Waals surface area (Å²) in [5.74, 6) is -2.04. The Kier molecular flexibility index (Phi) is 3.84. The highest BCUT2D eigenvalue weighted by molar-refractivity contribution is 6.30. The monoisotopic (exact) mass is 358 g/mol. The van der Waals surface area contributed by atoms with E-state index < -0.39 is 17.5 Å². The van der Waals surface area contributed by atoms with E-state index in [1.807, 2.05) is 18.2 Å². The third-order valence-electron chi connectivity index (χ3n) is 4.76. The molecule has 3 aromatic carbocycles. The van der Waals surface area contributed by atoms with Gasteiger partial charge in [-0.1, -0.05) is 42.8 Å². The van der Waals surface area contributed by atoms with Gasteiger partial charge in [0.25, 0.3) is 0 Å². The predicted octanol–water partition coefficient (Wildman–Crippen LogP) is 6.56. The number of aryl methyl sites for hydroxylation is 1. The van der Waals surface area contributed by atoms with Gasteiger partial charge in [0.05, 0.1) is 10.6 Å². The normalized spacial score (nSPS) is 12.2. The molecule has 0 saturated heterocycles. The summed E-state index contributed by atoms with van der Waals surface area (Å²) in [5.41, 5.74) is 3.97. The number of hydrogen-bond donors (Lipinski definition) is 0.